The van der Waals surface area contributed by atoms with Gasteiger partial charge in [0.2, 0.25) is 11.8 Å². The van der Waals surface area contributed by atoms with Crippen molar-refractivity contribution in [3.05, 3.63) is 27.6 Å². The van der Waals surface area contributed by atoms with Crippen LogP contribution in [0.4, 0.5) is 0 Å². The molecule has 0 saturated carbocycles. The third-order valence-corrected chi connectivity index (χ3v) is 4.98. The molecule has 2 aliphatic heterocycles. The molecule has 3 heterocycles. The largest absolute Gasteiger partial charge is 0.345 e. The Hall–Kier alpha value is -1.89. The zero-order valence-electron chi connectivity index (χ0n) is 13.0. The minimum absolute atomic E-state index is 0.122. The first-order chi connectivity index (χ1) is 10.9. The highest BCUT2D eigenvalue weighted by molar-refractivity contribution is 6.29. The van der Waals surface area contributed by atoms with Gasteiger partial charge < -0.3 is 9.80 Å². The number of carbonyl (C=O) groups excluding carboxylic acids is 2. The van der Waals surface area contributed by atoms with Crippen LogP contribution in [0.25, 0.3) is 0 Å². The van der Waals surface area contributed by atoms with E-state index in [-0.39, 0.29) is 29.1 Å². The molecule has 1 spiro atoms. The molecule has 0 aliphatic carbocycles. The van der Waals surface area contributed by atoms with Crippen LogP contribution in [0, 0.1) is 5.41 Å². The first kappa shape index (κ1) is 16.0. The maximum absolute atomic E-state index is 12.5. The van der Waals surface area contributed by atoms with Gasteiger partial charge in [0, 0.05) is 32.7 Å². The minimum Gasteiger partial charge on any atom is -0.345 e. The summed E-state index contributed by atoms with van der Waals surface area (Å²) >= 11 is 5.77. The molecular formula is C15H19ClN4O3. The van der Waals surface area contributed by atoms with Gasteiger partial charge in [-0.1, -0.05) is 11.6 Å². The zero-order valence-corrected chi connectivity index (χ0v) is 13.8. The van der Waals surface area contributed by atoms with E-state index in [0.717, 1.165) is 24.1 Å². The average Bonchev–Trinajstić information content (AvgIpc) is 2.94. The molecule has 2 amide bonds. The Kier molecular flexibility index (Phi) is 4.14. The number of likely N-dealkylation sites (tertiary alicyclic amines) is 2. The van der Waals surface area contributed by atoms with Crippen molar-refractivity contribution in [1.29, 1.82) is 0 Å². The van der Waals surface area contributed by atoms with Gasteiger partial charge in [-0.05, 0) is 25.3 Å². The lowest BCUT2D eigenvalue weighted by molar-refractivity contribution is -0.144. The number of hydrogen-bond donors (Lipinski definition) is 0. The van der Waals surface area contributed by atoms with Gasteiger partial charge >= 0.3 is 0 Å². The Labute approximate surface area is 138 Å². The molecule has 8 heteroatoms. The van der Waals surface area contributed by atoms with E-state index in [1.165, 1.54) is 12.1 Å². The smallest absolute Gasteiger partial charge is 0.267 e. The van der Waals surface area contributed by atoms with Crippen LogP contribution in [0.1, 0.15) is 19.3 Å². The Balaban J connectivity index is 1.71. The number of halogens is 1. The molecular weight excluding hydrogens is 320 g/mol. The predicted molar refractivity (Wildman–Crippen MR) is 84.0 cm³/mol. The van der Waals surface area contributed by atoms with Gasteiger partial charge in [-0.15, -0.1) is 0 Å². The molecule has 2 fully saturated rings. The molecule has 1 atom stereocenters. The fraction of sp³-hybridized carbons (Fsp3) is 0.600. The van der Waals surface area contributed by atoms with Crippen LogP contribution < -0.4 is 5.56 Å². The lowest BCUT2D eigenvalue weighted by Gasteiger charge is -2.37. The summed E-state index contributed by atoms with van der Waals surface area (Å²) in [7, 11) is 1.81. The van der Waals surface area contributed by atoms with Gasteiger partial charge in [-0.25, -0.2) is 4.68 Å². The highest BCUT2D eigenvalue weighted by atomic mass is 35.5. The van der Waals surface area contributed by atoms with Gasteiger partial charge in [-0.2, -0.15) is 5.10 Å². The van der Waals surface area contributed by atoms with Crippen LogP contribution in [0.5, 0.6) is 0 Å². The lowest BCUT2D eigenvalue weighted by Crippen LogP contribution is -2.49. The fourth-order valence-electron chi connectivity index (χ4n) is 3.50. The van der Waals surface area contributed by atoms with Crippen molar-refractivity contribution in [2.45, 2.75) is 25.8 Å². The summed E-state index contributed by atoms with van der Waals surface area (Å²) in [5.74, 6) is -0.0862. The molecule has 0 radical (unpaired) electrons. The van der Waals surface area contributed by atoms with E-state index in [2.05, 4.69) is 5.10 Å². The lowest BCUT2D eigenvalue weighted by atomic mass is 9.78. The van der Waals surface area contributed by atoms with Crippen molar-refractivity contribution in [3.8, 4) is 0 Å². The molecule has 0 N–H and O–H groups in total. The molecule has 1 aromatic rings. The van der Waals surface area contributed by atoms with Crippen LogP contribution in [0.2, 0.25) is 5.15 Å². The second-order valence-corrected chi connectivity index (χ2v) is 6.72. The van der Waals surface area contributed by atoms with Crippen LogP contribution >= 0.6 is 11.6 Å². The second kappa shape index (κ2) is 5.96. The monoisotopic (exact) mass is 338 g/mol. The topological polar surface area (TPSA) is 75.5 Å². The Morgan fingerprint density at radius 1 is 1.30 bits per heavy atom. The number of amides is 2. The highest BCUT2D eigenvalue weighted by Gasteiger charge is 2.48. The van der Waals surface area contributed by atoms with Gasteiger partial charge in [0.1, 0.15) is 11.7 Å². The molecule has 7 nitrogen and oxygen atoms in total. The quantitative estimate of drug-likeness (QED) is 0.780. The maximum Gasteiger partial charge on any atom is 0.267 e. The first-order valence-corrected chi connectivity index (χ1v) is 8.06. The van der Waals surface area contributed by atoms with E-state index in [4.69, 9.17) is 11.6 Å². The predicted octanol–water partition coefficient (Wildman–Crippen LogP) is 0.368. The number of aromatic nitrogens is 2. The second-order valence-electron chi connectivity index (χ2n) is 6.33. The molecule has 0 bridgehead atoms. The number of rotatable bonds is 2. The Morgan fingerprint density at radius 2 is 2.09 bits per heavy atom. The molecule has 124 valence electrons. The summed E-state index contributed by atoms with van der Waals surface area (Å²) in [6, 6.07) is 2.68. The molecule has 0 aromatic carbocycles. The molecule has 3 rings (SSSR count). The summed E-state index contributed by atoms with van der Waals surface area (Å²) in [6.07, 6.45) is 2.45. The van der Waals surface area contributed by atoms with E-state index in [1.807, 2.05) is 7.05 Å². The molecule has 1 aromatic heterocycles. The summed E-state index contributed by atoms with van der Waals surface area (Å²) in [4.78, 5) is 40.1. The highest BCUT2D eigenvalue weighted by Crippen LogP contribution is 2.39. The maximum atomic E-state index is 12.5. The fourth-order valence-corrected chi connectivity index (χ4v) is 3.65. The van der Waals surface area contributed by atoms with E-state index in [0.29, 0.717) is 19.5 Å². The van der Waals surface area contributed by atoms with E-state index in [9.17, 15) is 14.4 Å². The van der Waals surface area contributed by atoms with E-state index in [1.54, 1.807) is 9.80 Å². The van der Waals surface area contributed by atoms with Crippen molar-refractivity contribution in [2.75, 3.05) is 26.7 Å². The summed E-state index contributed by atoms with van der Waals surface area (Å²) in [6.45, 7) is 1.58. The van der Waals surface area contributed by atoms with E-state index < -0.39 is 5.41 Å². The van der Waals surface area contributed by atoms with Crippen molar-refractivity contribution in [2.24, 2.45) is 5.41 Å². The first-order valence-electron chi connectivity index (χ1n) is 7.68. The number of piperidine rings is 1. The normalized spacial score (nSPS) is 24.5. The summed E-state index contributed by atoms with van der Waals surface area (Å²) in [5.41, 5.74) is -0.819. The molecule has 23 heavy (non-hydrogen) atoms. The average molecular weight is 339 g/mol. The number of carbonyl (C=O) groups is 2. The SMILES string of the molecule is CN1CCC[C@@]2(CCN(C(=O)Cn3nc(Cl)ccc3=O)C2)C1=O. The van der Waals surface area contributed by atoms with Crippen LogP contribution in [-0.4, -0.2) is 58.1 Å². The minimum atomic E-state index is -0.449. The van der Waals surface area contributed by atoms with Crippen molar-refractivity contribution in [1.82, 2.24) is 19.6 Å². The number of hydrogen-bond acceptors (Lipinski definition) is 4. The zero-order chi connectivity index (χ0) is 16.6. The van der Waals surface area contributed by atoms with Crippen molar-refractivity contribution >= 4 is 23.4 Å². The number of nitrogens with zero attached hydrogens (tertiary/aromatic N) is 4. The van der Waals surface area contributed by atoms with Crippen LogP contribution in [0.15, 0.2) is 16.9 Å². The molecule has 2 saturated heterocycles. The van der Waals surface area contributed by atoms with Crippen molar-refractivity contribution < 1.29 is 9.59 Å². The van der Waals surface area contributed by atoms with Gasteiger partial charge in [0.05, 0.1) is 5.41 Å². The Morgan fingerprint density at radius 3 is 2.87 bits per heavy atom. The summed E-state index contributed by atoms with van der Waals surface area (Å²) < 4.78 is 1.06. The van der Waals surface area contributed by atoms with Crippen LogP contribution in [0.3, 0.4) is 0 Å². The third kappa shape index (κ3) is 2.97. The van der Waals surface area contributed by atoms with Gasteiger partial charge in [0.15, 0.2) is 0 Å². The van der Waals surface area contributed by atoms with E-state index >= 15 is 0 Å². The molecule has 2 aliphatic rings. The van der Waals surface area contributed by atoms with Crippen molar-refractivity contribution in [3.63, 3.8) is 0 Å². The standard InChI is InChI=1S/C15H19ClN4O3/c1-18-7-2-5-15(14(18)23)6-8-19(10-15)13(22)9-20-12(21)4-3-11(16)17-20/h3-4H,2,5-10H2,1H3/t15-/m0/s1. The Bertz CT molecular complexity index is 704. The van der Waals surface area contributed by atoms with Gasteiger partial charge in [-0.3, -0.25) is 14.4 Å². The molecule has 0 unspecified atom stereocenters. The van der Waals surface area contributed by atoms with Crippen LogP contribution in [-0.2, 0) is 16.1 Å². The third-order valence-electron chi connectivity index (χ3n) is 4.77. The summed E-state index contributed by atoms with van der Waals surface area (Å²) in [5, 5.41) is 4.03. The van der Waals surface area contributed by atoms with Gasteiger partial charge in [0.25, 0.3) is 5.56 Å².